The summed E-state index contributed by atoms with van der Waals surface area (Å²) in [6.45, 7) is 4.06. The molecule has 0 saturated carbocycles. The van der Waals surface area contributed by atoms with Crippen LogP contribution in [0.2, 0.25) is 0 Å². The Morgan fingerprint density at radius 3 is 2.62 bits per heavy atom. The van der Waals surface area contributed by atoms with Gasteiger partial charge in [0.05, 0.1) is 18.7 Å². The minimum atomic E-state index is -0.0195. The van der Waals surface area contributed by atoms with E-state index in [1.54, 1.807) is 18.1 Å². The highest BCUT2D eigenvalue weighted by atomic mass is 16.5. The van der Waals surface area contributed by atoms with E-state index in [4.69, 9.17) is 9.26 Å². The van der Waals surface area contributed by atoms with Crippen molar-refractivity contribution in [2.45, 2.75) is 26.8 Å². The molecule has 3 rings (SSSR count). The number of carbonyl (C=O) groups is 1. The summed E-state index contributed by atoms with van der Waals surface area (Å²) < 4.78 is 11.0. The smallest absolute Gasteiger partial charge is 0.227 e. The summed E-state index contributed by atoms with van der Waals surface area (Å²) in [4.78, 5) is 18.5. The van der Waals surface area contributed by atoms with Gasteiger partial charge in [-0.25, -0.2) is 4.98 Å². The molecule has 0 N–H and O–H groups in total. The number of pyridine rings is 1. The summed E-state index contributed by atoms with van der Waals surface area (Å²) in [5.41, 5.74) is 2.43. The lowest BCUT2D eigenvalue weighted by atomic mass is 10.1. The predicted octanol–water partition coefficient (Wildman–Crippen LogP) is 3.68. The second-order valence-electron chi connectivity index (χ2n) is 6.11. The molecule has 26 heavy (non-hydrogen) atoms. The Morgan fingerprint density at radius 1 is 1.15 bits per heavy atom. The van der Waals surface area contributed by atoms with Crippen LogP contribution < -0.4 is 4.74 Å². The van der Waals surface area contributed by atoms with Gasteiger partial charge in [0.1, 0.15) is 11.5 Å². The van der Waals surface area contributed by atoms with Gasteiger partial charge in [0.2, 0.25) is 11.8 Å². The molecule has 0 fully saturated rings. The van der Waals surface area contributed by atoms with Crippen LogP contribution in [0.5, 0.6) is 11.6 Å². The van der Waals surface area contributed by atoms with Crippen LogP contribution >= 0.6 is 0 Å². The molecule has 3 aromatic rings. The van der Waals surface area contributed by atoms with Crippen LogP contribution in [-0.2, 0) is 17.8 Å². The van der Waals surface area contributed by atoms with Crippen LogP contribution in [0.25, 0.3) is 0 Å². The first-order chi connectivity index (χ1) is 12.5. The first-order valence-electron chi connectivity index (χ1n) is 8.37. The van der Waals surface area contributed by atoms with E-state index in [1.165, 1.54) is 0 Å². The molecule has 1 amide bonds. The maximum absolute atomic E-state index is 12.6. The van der Waals surface area contributed by atoms with Crippen LogP contribution in [-0.4, -0.2) is 28.0 Å². The molecule has 1 aromatic carbocycles. The average Bonchev–Trinajstić information content (AvgIpc) is 2.96. The Kier molecular flexibility index (Phi) is 5.31. The second kappa shape index (κ2) is 7.82. The minimum Gasteiger partial charge on any atom is -0.439 e. The van der Waals surface area contributed by atoms with Gasteiger partial charge in [-0.15, -0.1) is 0 Å². The molecule has 2 heterocycles. The first-order valence-corrected chi connectivity index (χ1v) is 8.37. The number of aryl methyl sites for hydroxylation is 2. The van der Waals surface area contributed by atoms with Gasteiger partial charge in [-0.2, -0.15) is 0 Å². The maximum Gasteiger partial charge on any atom is 0.227 e. The molecule has 6 nitrogen and oxygen atoms in total. The third-order valence-corrected chi connectivity index (χ3v) is 4.15. The number of amides is 1. The monoisotopic (exact) mass is 351 g/mol. The highest BCUT2D eigenvalue weighted by molar-refractivity contribution is 5.79. The van der Waals surface area contributed by atoms with Crippen LogP contribution in [0.4, 0.5) is 0 Å². The fourth-order valence-electron chi connectivity index (χ4n) is 2.62. The number of rotatable bonds is 6. The number of hydrogen-bond donors (Lipinski definition) is 0. The highest BCUT2D eigenvalue weighted by Crippen LogP contribution is 2.24. The first kappa shape index (κ1) is 17.7. The molecule has 2 aromatic heterocycles. The number of nitrogens with zero attached hydrogens (tertiary/aromatic N) is 3. The number of hydrogen-bond acceptors (Lipinski definition) is 5. The van der Waals surface area contributed by atoms with Gasteiger partial charge in [0, 0.05) is 24.4 Å². The van der Waals surface area contributed by atoms with Crippen molar-refractivity contribution in [1.29, 1.82) is 0 Å². The zero-order valence-corrected chi connectivity index (χ0v) is 15.1. The molecule has 0 aliphatic heterocycles. The predicted molar refractivity (Wildman–Crippen MR) is 96.9 cm³/mol. The highest BCUT2D eigenvalue weighted by Gasteiger charge is 2.18. The molecule has 0 radical (unpaired) electrons. The van der Waals surface area contributed by atoms with E-state index in [9.17, 15) is 4.79 Å². The Hall–Kier alpha value is -3.15. The summed E-state index contributed by atoms with van der Waals surface area (Å²) >= 11 is 0. The third kappa shape index (κ3) is 4.08. The van der Waals surface area contributed by atoms with E-state index < -0.39 is 0 Å². The van der Waals surface area contributed by atoms with E-state index in [1.807, 2.05) is 56.3 Å². The van der Waals surface area contributed by atoms with Gasteiger partial charge in [0.15, 0.2) is 0 Å². The Labute approximate surface area is 152 Å². The van der Waals surface area contributed by atoms with Gasteiger partial charge in [-0.3, -0.25) is 4.79 Å². The van der Waals surface area contributed by atoms with E-state index in [-0.39, 0.29) is 12.3 Å². The van der Waals surface area contributed by atoms with Crippen molar-refractivity contribution in [2.24, 2.45) is 0 Å². The van der Waals surface area contributed by atoms with Crippen molar-refractivity contribution >= 4 is 5.91 Å². The third-order valence-electron chi connectivity index (χ3n) is 4.15. The van der Waals surface area contributed by atoms with Gasteiger partial charge in [-0.1, -0.05) is 29.4 Å². The molecule has 0 atom stereocenters. The van der Waals surface area contributed by atoms with Crippen molar-refractivity contribution in [2.75, 3.05) is 7.05 Å². The van der Waals surface area contributed by atoms with Gasteiger partial charge in [0.25, 0.3) is 0 Å². The lowest BCUT2D eigenvalue weighted by Gasteiger charge is -2.19. The fraction of sp³-hybridized carbons (Fsp3) is 0.250. The Morgan fingerprint density at radius 2 is 1.92 bits per heavy atom. The molecular weight excluding hydrogens is 330 g/mol. The standard InChI is InChI=1S/C20H21N3O3/c1-14-18(15(2)26-22-14)12-19(24)23(3)13-16-8-7-11-21-20(16)25-17-9-5-4-6-10-17/h4-11H,12-13H2,1-3H3. The maximum atomic E-state index is 12.6. The molecule has 134 valence electrons. The average molecular weight is 351 g/mol. The molecule has 6 heteroatoms. The van der Waals surface area contributed by atoms with Crippen molar-refractivity contribution in [3.8, 4) is 11.6 Å². The van der Waals surface area contributed by atoms with E-state index >= 15 is 0 Å². The second-order valence-corrected chi connectivity index (χ2v) is 6.11. The number of aromatic nitrogens is 2. The van der Waals surface area contributed by atoms with Crippen LogP contribution in [0.3, 0.4) is 0 Å². The zero-order chi connectivity index (χ0) is 18.5. The van der Waals surface area contributed by atoms with Crippen molar-refractivity contribution < 1.29 is 14.1 Å². The van der Waals surface area contributed by atoms with E-state index in [0.717, 1.165) is 16.8 Å². The minimum absolute atomic E-state index is 0.0195. The Balaban J connectivity index is 1.71. The van der Waals surface area contributed by atoms with Gasteiger partial charge < -0.3 is 14.2 Å². The summed E-state index contributed by atoms with van der Waals surface area (Å²) in [7, 11) is 1.76. The van der Waals surface area contributed by atoms with Gasteiger partial charge >= 0.3 is 0 Å². The van der Waals surface area contributed by atoms with Gasteiger partial charge in [-0.05, 0) is 32.0 Å². The molecule has 0 saturated heterocycles. The number of likely N-dealkylation sites (N-methyl/N-ethyl adjacent to an activating group) is 1. The van der Waals surface area contributed by atoms with Crippen molar-refractivity contribution in [1.82, 2.24) is 15.0 Å². The fourth-order valence-corrected chi connectivity index (χ4v) is 2.62. The lowest BCUT2D eigenvalue weighted by molar-refractivity contribution is -0.129. The van der Waals surface area contributed by atoms with Crippen molar-refractivity contribution in [3.05, 3.63) is 71.2 Å². The van der Waals surface area contributed by atoms with Crippen LogP contribution in [0.15, 0.2) is 53.2 Å². The van der Waals surface area contributed by atoms with Crippen molar-refractivity contribution in [3.63, 3.8) is 0 Å². The number of benzene rings is 1. The summed E-state index contributed by atoms with van der Waals surface area (Å²) in [5.74, 6) is 1.86. The molecule has 0 aliphatic carbocycles. The lowest BCUT2D eigenvalue weighted by Crippen LogP contribution is -2.28. The SMILES string of the molecule is Cc1noc(C)c1CC(=O)N(C)Cc1cccnc1Oc1ccccc1. The molecule has 0 spiro atoms. The molecule has 0 aliphatic rings. The number of ether oxygens (including phenoxy) is 1. The summed E-state index contributed by atoms with van der Waals surface area (Å²) in [5, 5.41) is 3.90. The normalized spacial score (nSPS) is 10.6. The molecular formula is C20H21N3O3. The van der Waals surface area contributed by atoms with Crippen LogP contribution in [0, 0.1) is 13.8 Å². The summed E-state index contributed by atoms with van der Waals surface area (Å²) in [6, 6.07) is 13.2. The van der Waals surface area contributed by atoms with Crippen LogP contribution in [0.1, 0.15) is 22.6 Å². The molecule has 0 bridgehead atoms. The van der Waals surface area contributed by atoms with E-state index in [0.29, 0.717) is 23.9 Å². The quantitative estimate of drug-likeness (QED) is 0.678. The van der Waals surface area contributed by atoms with E-state index in [2.05, 4.69) is 10.1 Å². The number of carbonyl (C=O) groups excluding carboxylic acids is 1. The topological polar surface area (TPSA) is 68.5 Å². The molecule has 0 unspecified atom stereocenters. The number of para-hydroxylation sites is 1. The Bertz CT molecular complexity index is 871. The summed E-state index contributed by atoms with van der Waals surface area (Å²) in [6.07, 6.45) is 1.93. The largest absolute Gasteiger partial charge is 0.439 e. The zero-order valence-electron chi connectivity index (χ0n) is 15.1.